The summed E-state index contributed by atoms with van der Waals surface area (Å²) in [5.41, 5.74) is 11.6. The smallest absolute Gasteiger partial charge is 0.165 e. The second-order valence-corrected chi connectivity index (χ2v) is 5.09. The van der Waals surface area contributed by atoms with E-state index in [9.17, 15) is 0 Å². The number of anilines is 1. The Labute approximate surface area is 116 Å². The number of aromatic nitrogens is 3. The summed E-state index contributed by atoms with van der Waals surface area (Å²) in [4.78, 5) is 13.1. The normalized spacial score (nSPS) is 13.6. The lowest BCUT2D eigenvalue weighted by Gasteiger charge is -2.13. The summed E-state index contributed by atoms with van der Waals surface area (Å²) in [5.74, 6) is 0.510. The van der Waals surface area contributed by atoms with E-state index >= 15 is 0 Å². The van der Waals surface area contributed by atoms with E-state index in [4.69, 9.17) is 5.73 Å². The van der Waals surface area contributed by atoms with Gasteiger partial charge in [-0.25, -0.2) is 15.0 Å². The lowest BCUT2D eigenvalue weighted by molar-refractivity contribution is 0.900. The number of nitrogens with zero attached hydrogens (tertiary/aromatic N) is 3. The molecule has 2 heterocycles. The Morgan fingerprint density at radius 1 is 1.00 bits per heavy atom. The molecule has 0 spiro atoms. The zero-order chi connectivity index (χ0) is 13.5. The molecule has 4 rings (SSSR count). The Morgan fingerprint density at radius 2 is 1.85 bits per heavy atom. The van der Waals surface area contributed by atoms with Crippen LogP contribution in [-0.2, 0) is 12.8 Å². The van der Waals surface area contributed by atoms with Gasteiger partial charge in [0.15, 0.2) is 5.65 Å². The second kappa shape index (κ2) is 4.27. The molecular weight excluding hydrogens is 248 g/mol. The van der Waals surface area contributed by atoms with E-state index in [1.54, 1.807) is 0 Å². The first-order valence-electron chi connectivity index (χ1n) is 6.82. The van der Waals surface area contributed by atoms with Gasteiger partial charge >= 0.3 is 0 Å². The van der Waals surface area contributed by atoms with Gasteiger partial charge in [-0.2, -0.15) is 0 Å². The molecule has 1 aromatic carbocycles. The number of nitrogen functional groups attached to an aromatic ring is 1. The highest BCUT2D eigenvalue weighted by Gasteiger charge is 2.22. The summed E-state index contributed by atoms with van der Waals surface area (Å²) in [5, 5.41) is 0.888. The molecule has 0 radical (unpaired) electrons. The first kappa shape index (κ1) is 11.3. The largest absolute Gasteiger partial charge is 0.383 e. The number of fused-ring (bicyclic) bond motifs is 2. The molecule has 2 aromatic heterocycles. The van der Waals surface area contributed by atoms with Crippen LogP contribution in [0.5, 0.6) is 0 Å². The number of nitrogens with two attached hydrogens (primary N) is 1. The molecule has 98 valence electrons. The number of aryl methyl sites for hydroxylation is 1. The summed E-state index contributed by atoms with van der Waals surface area (Å²) in [6.07, 6.45) is 4.71. The highest BCUT2D eigenvalue weighted by Crippen LogP contribution is 2.38. The van der Waals surface area contributed by atoms with Crippen LogP contribution in [0, 0.1) is 0 Å². The van der Waals surface area contributed by atoms with Crippen LogP contribution in [-0.4, -0.2) is 15.0 Å². The molecule has 0 saturated heterocycles. The van der Waals surface area contributed by atoms with Crippen molar-refractivity contribution in [3.05, 3.63) is 47.9 Å². The van der Waals surface area contributed by atoms with Crippen LogP contribution in [0.25, 0.3) is 22.2 Å². The van der Waals surface area contributed by atoms with Crippen LogP contribution in [0.4, 0.5) is 5.82 Å². The van der Waals surface area contributed by atoms with Crippen molar-refractivity contribution in [1.82, 2.24) is 15.0 Å². The number of hydrogen-bond donors (Lipinski definition) is 1. The van der Waals surface area contributed by atoms with Crippen LogP contribution in [0.3, 0.4) is 0 Å². The first-order valence-corrected chi connectivity index (χ1v) is 6.82. The maximum absolute atomic E-state index is 6.10. The van der Waals surface area contributed by atoms with Gasteiger partial charge in [-0.1, -0.05) is 30.3 Å². The Hall–Kier alpha value is -2.49. The average Bonchev–Trinajstić information content (AvgIpc) is 2.94. The molecule has 0 bridgehead atoms. The van der Waals surface area contributed by atoms with E-state index in [1.807, 2.05) is 18.2 Å². The molecule has 20 heavy (non-hydrogen) atoms. The monoisotopic (exact) mass is 262 g/mol. The summed E-state index contributed by atoms with van der Waals surface area (Å²) >= 11 is 0. The molecule has 0 amide bonds. The van der Waals surface area contributed by atoms with E-state index in [2.05, 4.69) is 27.1 Å². The van der Waals surface area contributed by atoms with Crippen molar-refractivity contribution in [2.45, 2.75) is 19.3 Å². The van der Waals surface area contributed by atoms with Gasteiger partial charge in [0.05, 0.1) is 5.39 Å². The van der Waals surface area contributed by atoms with Gasteiger partial charge in [-0.05, 0) is 30.4 Å². The lowest BCUT2D eigenvalue weighted by atomic mass is 9.96. The molecule has 3 aromatic rings. The standard InChI is InChI=1S/C16H14N4/c17-15-14-13(10-5-2-1-3-6-10)11-7-4-8-12(11)20-16(14)19-9-18-15/h1-3,5-6,9H,4,7-8H2,(H2,17,18,19,20). The molecule has 4 heteroatoms. The van der Waals surface area contributed by atoms with Crippen molar-refractivity contribution in [3.8, 4) is 11.1 Å². The average molecular weight is 262 g/mol. The maximum Gasteiger partial charge on any atom is 0.165 e. The van der Waals surface area contributed by atoms with Gasteiger partial charge in [0, 0.05) is 11.3 Å². The zero-order valence-electron chi connectivity index (χ0n) is 11.0. The Kier molecular flexibility index (Phi) is 2.42. The van der Waals surface area contributed by atoms with E-state index < -0.39 is 0 Å². The number of benzene rings is 1. The van der Waals surface area contributed by atoms with Gasteiger partial charge in [-0.3, -0.25) is 0 Å². The highest BCUT2D eigenvalue weighted by atomic mass is 15.0. The van der Waals surface area contributed by atoms with Crippen molar-refractivity contribution in [3.63, 3.8) is 0 Å². The summed E-state index contributed by atoms with van der Waals surface area (Å²) in [6, 6.07) is 10.3. The fourth-order valence-electron chi connectivity index (χ4n) is 3.04. The SMILES string of the molecule is Nc1ncnc2nc3c(c(-c4ccccc4)c12)CCC3. The third kappa shape index (κ3) is 1.58. The summed E-state index contributed by atoms with van der Waals surface area (Å²) in [6.45, 7) is 0. The number of pyridine rings is 1. The van der Waals surface area contributed by atoms with Crippen LogP contribution in [0.15, 0.2) is 36.7 Å². The van der Waals surface area contributed by atoms with Gasteiger partial charge < -0.3 is 5.73 Å². The van der Waals surface area contributed by atoms with E-state index in [1.165, 1.54) is 23.0 Å². The van der Waals surface area contributed by atoms with E-state index in [-0.39, 0.29) is 0 Å². The third-order valence-electron chi connectivity index (χ3n) is 3.90. The molecular formula is C16H14N4. The van der Waals surface area contributed by atoms with E-state index in [0.717, 1.165) is 30.3 Å². The molecule has 1 aliphatic rings. The molecule has 0 aliphatic heterocycles. The van der Waals surface area contributed by atoms with Gasteiger partial charge in [-0.15, -0.1) is 0 Å². The minimum atomic E-state index is 0.510. The van der Waals surface area contributed by atoms with Crippen LogP contribution in [0.1, 0.15) is 17.7 Å². The minimum Gasteiger partial charge on any atom is -0.383 e. The van der Waals surface area contributed by atoms with Crippen molar-refractivity contribution in [1.29, 1.82) is 0 Å². The minimum absolute atomic E-state index is 0.510. The molecule has 0 fully saturated rings. The lowest BCUT2D eigenvalue weighted by Crippen LogP contribution is -2.01. The van der Waals surface area contributed by atoms with Crippen molar-refractivity contribution in [2.24, 2.45) is 0 Å². The second-order valence-electron chi connectivity index (χ2n) is 5.09. The molecule has 4 nitrogen and oxygen atoms in total. The molecule has 1 aliphatic carbocycles. The maximum atomic E-state index is 6.10. The molecule has 0 saturated carbocycles. The summed E-state index contributed by atoms with van der Waals surface area (Å²) in [7, 11) is 0. The van der Waals surface area contributed by atoms with Crippen LogP contribution >= 0.6 is 0 Å². The van der Waals surface area contributed by atoms with Gasteiger partial charge in [0.2, 0.25) is 0 Å². The van der Waals surface area contributed by atoms with Crippen molar-refractivity contribution < 1.29 is 0 Å². The first-order chi connectivity index (χ1) is 9.84. The predicted molar refractivity (Wildman–Crippen MR) is 79.2 cm³/mol. The zero-order valence-corrected chi connectivity index (χ0v) is 11.0. The molecule has 0 atom stereocenters. The topological polar surface area (TPSA) is 64.7 Å². The fraction of sp³-hybridized carbons (Fsp3) is 0.188. The summed E-state index contributed by atoms with van der Waals surface area (Å²) < 4.78 is 0. The highest BCUT2D eigenvalue weighted by molar-refractivity contribution is 6.01. The Bertz CT molecular complexity index is 796. The number of hydrogen-bond acceptors (Lipinski definition) is 4. The number of rotatable bonds is 1. The fourth-order valence-corrected chi connectivity index (χ4v) is 3.04. The predicted octanol–water partition coefficient (Wildman–Crippen LogP) is 2.76. The van der Waals surface area contributed by atoms with E-state index in [0.29, 0.717) is 11.5 Å². The third-order valence-corrected chi connectivity index (χ3v) is 3.90. The Morgan fingerprint density at radius 3 is 2.70 bits per heavy atom. The van der Waals surface area contributed by atoms with Crippen LogP contribution < -0.4 is 5.73 Å². The van der Waals surface area contributed by atoms with Crippen molar-refractivity contribution >= 4 is 16.9 Å². The van der Waals surface area contributed by atoms with Gasteiger partial charge in [0.25, 0.3) is 0 Å². The molecule has 2 N–H and O–H groups in total. The van der Waals surface area contributed by atoms with Gasteiger partial charge in [0.1, 0.15) is 12.1 Å². The van der Waals surface area contributed by atoms with Crippen molar-refractivity contribution in [2.75, 3.05) is 5.73 Å². The van der Waals surface area contributed by atoms with Crippen LogP contribution in [0.2, 0.25) is 0 Å². The molecule has 0 unspecified atom stereocenters. The quantitative estimate of drug-likeness (QED) is 0.732. The Balaban J connectivity index is 2.17.